The van der Waals surface area contributed by atoms with E-state index in [1.807, 2.05) is 31.2 Å². The van der Waals surface area contributed by atoms with Gasteiger partial charge in [0.1, 0.15) is 5.75 Å². The molecule has 3 rings (SSSR count). The first-order valence-electron chi connectivity index (χ1n) is 9.32. The largest absolute Gasteiger partial charge is 0.495 e. The first-order chi connectivity index (χ1) is 13.5. The highest BCUT2D eigenvalue weighted by atomic mass is 35.5. The molecule has 0 bridgehead atoms. The van der Waals surface area contributed by atoms with E-state index in [9.17, 15) is 4.79 Å². The standard InChI is InChI=1S/C21H25Cl2N3O2/c1-15(16-7-8-17(22)18(23)13-16)24-21(27)14-25-9-11-26(12-10-25)19-5-3-4-6-20(19)28-2/h3-8,13,15H,9-12,14H2,1-2H3,(H,24,27)/t15-/m1/s1. The third-order valence-corrected chi connectivity index (χ3v) is 5.73. The minimum Gasteiger partial charge on any atom is -0.495 e. The van der Waals surface area contributed by atoms with Gasteiger partial charge in [-0.1, -0.05) is 41.4 Å². The quantitative estimate of drug-likeness (QED) is 0.765. The van der Waals surface area contributed by atoms with E-state index in [1.165, 1.54) is 0 Å². The van der Waals surface area contributed by atoms with Crippen LogP contribution < -0.4 is 15.0 Å². The fourth-order valence-corrected chi connectivity index (χ4v) is 3.70. The number of carbonyl (C=O) groups excluding carboxylic acids is 1. The zero-order chi connectivity index (χ0) is 20.1. The second-order valence-corrected chi connectivity index (χ2v) is 7.71. The summed E-state index contributed by atoms with van der Waals surface area (Å²) in [4.78, 5) is 16.9. The van der Waals surface area contributed by atoms with E-state index in [0.29, 0.717) is 16.6 Å². The van der Waals surface area contributed by atoms with Crippen molar-refractivity contribution in [2.45, 2.75) is 13.0 Å². The van der Waals surface area contributed by atoms with Gasteiger partial charge in [0.25, 0.3) is 0 Å². The topological polar surface area (TPSA) is 44.8 Å². The fraction of sp³-hybridized carbons (Fsp3) is 0.381. The minimum atomic E-state index is -0.128. The summed E-state index contributed by atoms with van der Waals surface area (Å²) >= 11 is 12.0. The number of benzene rings is 2. The Bertz CT molecular complexity index is 823. The lowest BCUT2D eigenvalue weighted by Gasteiger charge is -2.36. The first-order valence-corrected chi connectivity index (χ1v) is 10.1. The number of hydrogen-bond acceptors (Lipinski definition) is 4. The molecule has 0 unspecified atom stereocenters. The van der Waals surface area contributed by atoms with E-state index in [2.05, 4.69) is 21.2 Å². The fourth-order valence-electron chi connectivity index (χ4n) is 3.39. The molecule has 150 valence electrons. The number of rotatable bonds is 6. The SMILES string of the molecule is COc1ccccc1N1CCN(CC(=O)N[C@H](C)c2ccc(Cl)c(Cl)c2)CC1. The van der Waals surface area contributed by atoms with Crippen LogP contribution in [0.4, 0.5) is 5.69 Å². The summed E-state index contributed by atoms with van der Waals surface area (Å²) in [5.41, 5.74) is 2.03. The van der Waals surface area contributed by atoms with Crippen LogP contribution in [0.3, 0.4) is 0 Å². The number of nitrogens with zero attached hydrogens (tertiary/aromatic N) is 2. The number of nitrogens with one attached hydrogen (secondary N) is 1. The van der Waals surface area contributed by atoms with E-state index in [-0.39, 0.29) is 11.9 Å². The van der Waals surface area contributed by atoms with Crippen molar-refractivity contribution in [3.05, 3.63) is 58.1 Å². The molecule has 1 saturated heterocycles. The van der Waals surface area contributed by atoms with Gasteiger partial charge in [-0.2, -0.15) is 0 Å². The maximum absolute atomic E-state index is 12.5. The molecule has 2 aromatic rings. The number of methoxy groups -OCH3 is 1. The lowest BCUT2D eigenvalue weighted by molar-refractivity contribution is -0.123. The molecule has 0 aliphatic carbocycles. The van der Waals surface area contributed by atoms with Gasteiger partial charge in [-0.05, 0) is 36.8 Å². The molecule has 7 heteroatoms. The maximum Gasteiger partial charge on any atom is 0.234 e. The van der Waals surface area contributed by atoms with Gasteiger partial charge >= 0.3 is 0 Å². The predicted molar refractivity (Wildman–Crippen MR) is 115 cm³/mol. The monoisotopic (exact) mass is 421 g/mol. The highest BCUT2D eigenvalue weighted by Crippen LogP contribution is 2.28. The van der Waals surface area contributed by atoms with Gasteiger partial charge in [0.15, 0.2) is 0 Å². The normalized spacial score (nSPS) is 15.9. The van der Waals surface area contributed by atoms with Crippen LogP contribution >= 0.6 is 23.2 Å². The zero-order valence-electron chi connectivity index (χ0n) is 16.1. The molecule has 0 radical (unpaired) electrons. The molecule has 0 saturated carbocycles. The van der Waals surface area contributed by atoms with E-state index in [4.69, 9.17) is 27.9 Å². The average Bonchev–Trinajstić information content (AvgIpc) is 2.70. The molecule has 0 aromatic heterocycles. The number of halogens is 2. The molecule has 1 aliphatic heterocycles. The lowest BCUT2D eigenvalue weighted by atomic mass is 10.1. The van der Waals surface area contributed by atoms with Crippen molar-refractivity contribution >= 4 is 34.8 Å². The van der Waals surface area contributed by atoms with Gasteiger partial charge in [0.2, 0.25) is 5.91 Å². The highest BCUT2D eigenvalue weighted by molar-refractivity contribution is 6.42. The summed E-state index contributed by atoms with van der Waals surface area (Å²) in [5.74, 6) is 0.883. The van der Waals surface area contributed by atoms with E-state index in [0.717, 1.165) is 43.2 Å². The molecule has 5 nitrogen and oxygen atoms in total. The van der Waals surface area contributed by atoms with Crippen LogP contribution in [0.2, 0.25) is 10.0 Å². The van der Waals surface area contributed by atoms with Gasteiger partial charge < -0.3 is 15.0 Å². The van der Waals surface area contributed by atoms with Crippen LogP contribution in [-0.2, 0) is 4.79 Å². The number of amides is 1. The summed E-state index contributed by atoms with van der Waals surface area (Å²) in [6.45, 7) is 5.69. The second kappa shape index (κ2) is 9.50. The number of para-hydroxylation sites is 2. The summed E-state index contributed by atoms with van der Waals surface area (Å²) in [6.07, 6.45) is 0. The molecule has 1 atom stereocenters. The van der Waals surface area contributed by atoms with Crippen molar-refractivity contribution in [3.63, 3.8) is 0 Å². The predicted octanol–water partition coefficient (Wildman–Crippen LogP) is 4.00. The Morgan fingerprint density at radius 2 is 1.82 bits per heavy atom. The minimum absolute atomic E-state index is 0.00399. The Labute approximate surface area is 176 Å². The molecular formula is C21H25Cl2N3O2. The zero-order valence-corrected chi connectivity index (χ0v) is 17.6. The van der Waals surface area contributed by atoms with E-state index >= 15 is 0 Å². The second-order valence-electron chi connectivity index (χ2n) is 6.90. The molecule has 1 aliphatic rings. The Morgan fingerprint density at radius 1 is 1.11 bits per heavy atom. The molecule has 2 aromatic carbocycles. The van der Waals surface area contributed by atoms with E-state index in [1.54, 1.807) is 19.2 Å². The van der Waals surface area contributed by atoms with Crippen LogP contribution in [-0.4, -0.2) is 50.6 Å². The molecule has 1 heterocycles. The van der Waals surface area contributed by atoms with Gasteiger partial charge in [-0.25, -0.2) is 0 Å². The number of anilines is 1. The van der Waals surface area contributed by atoms with Crippen molar-refractivity contribution < 1.29 is 9.53 Å². The van der Waals surface area contributed by atoms with E-state index < -0.39 is 0 Å². The molecule has 1 amide bonds. The number of carbonyl (C=O) groups is 1. The number of hydrogen-bond donors (Lipinski definition) is 1. The summed E-state index contributed by atoms with van der Waals surface area (Å²) in [6, 6.07) is 13.3. The van der Waals surface area contributed by atoms with Gasteiger partial charge in [0, 0.05) is 26.2 Å². The molecule has 0 spiro atoms. The van der Waals surface area contributed by atoms with Crippen molar-refractivity contribution in [2.75, 3.05) is 44.7 Å². The van der Waals surface area contributed by atoms with Crippen LogP contribution in [0.5, 0.6) is 5.75 Å². The van der Waals surface area contributed by atoms with Crippen LogP contribution in [0.1, 0.15) is 18.5 Å². The van der Waals surface area contributed by atoms with Crippen molar-refractivity contribution in [3.8, 4) is 5.75 Å². The van der Waals surface area contributed by atoms with Gasteiger partial charge in [-0.15, -0.1) is 0 Å². The number of piperazine rings is 1. The van der Waals surface area contributed by atoms with Crippen molar-refractivity contribution in [1.82, 2.24) is 10.2 Å². The Hall–Kier alpha value is -1.95. The average molecular weight is 422 g/mol. The smallest absolute Gasteiger partial charge is 0.234 e. The number of ether oxygens (including phenoxy) is 1. The van der Waals surface area contributed by atoms with Gasteiger partial charge in [0.05, 0.1) is 35.4 Å². The molecule has 28 heavy (non-hydrogen) atoms. The molecule has 1 N–H and O–H groups in total. The van der Waals surface area contributed by atoms with Crippen molar-refractivity contribution in [1.29, 1.82) is 0 Å². The Kier molecular flexibility index (Phi) is 7.05. The third kappa shape index (κ3) is 5.10. The van der Waals surface area contributed by atoms with Crippen LogP contribution in [0, 0.1) is 0 Å². The Balaban J connectivity index is 1.50. The summed E-state index contributed by atoms with van der Waals surface area (Å²) < 4.78 is 5.45. The molecule has 1 fully saturated rings. The lowest BCUT2D eigenvalue weighted by Crippen LogP contribution is -2.49. The van der Waals surface area contributed by atoms with Crippen LogP contribution in [0.15, 0.2) is 42.5 Å². The maximum atomic E-state index is 12.5. The van der Waals surface area contributed by atoms with Gasteiger partial charge in [-0.3, -0.25) is 9.69 Å². The summed E-state index contributed by atoms with van der Waals surface area (Å²) in [7, 11) is 1.69. The Morgan fingerprint density at radius 3 is 2.50 bits per heavy atom. The first kappa shape index (κ1) is 20.8. The third-order valence-electron chi connectivity index (χ3n) is 4.99. The van der Waals surface area contributed by atoms with Crippen LogP contribution in [0.25, 0.3) is 0 Å². The molecular weight excluding hydrogens is 397 g/mol. The van der Waals surface area contributed by atoms with Crippen molar-refractivity contribution in [2.24, 2.45) is 0 Å². The summed E-state index contributed by atoms with van der Waals surface area (Å²) in [5, 5.41) is 4.04. The highest BCUT2D eigenvalue weighted by Gasteiger charge is 2.21.